The standard InChI is InChI=1S/C35H34BNO2/c1-34(2)35(3,4)39-36(38-34)31-20-12-19-29(22-31)27-17-11-18-28(21-27)30-23-32(25-13-7-5-8-14-25)37-33(24-30)26-15-9-6-10-16-26/h5-23,30H,24H2,1-4H3. The van der Waals surface area contributed by atoms with Gasteiger partial charge in [0.25, 0.3) is 0 Å². The number of rotatable bonds is 5. The normalized spacial score (nSPS) is 19.9. The number of benzene rings is 4. The molecule has 1 fully saturated rings. The fraction of sp³-hybridized carbons (Fsp3) is 0.229. The number of hydrogen-bond acceptors (Lipinski definition) is 3. The summed E-state index contributed by atoms with van der Waals surface area (Å²) in [5.41, 5.74) is 8.40. The average molecular weight is 511 g/mol. The molecular formula is C35H34BNO2. The van der Waals surface area contributed by atoms with Gasteiger partial charge in [-0.25, -0.2) is 0 Å². The van der Waals surface area contributed by atoms with Crippen molar-refractivity contribution in [3.63, 3.8) is 0 Å². The topological polar surface area (TPSA) is 30.8 Å². The molecule has 1 atom stereocenters. The summed E-state index contributed by atoms with van der Waals surface area (Å²) >= 11 is 0. The Kier molecular flexibility index (Phi) is 6.62. The molecule has 4 aromatic carbocycles. The molecule has 2 heterocycles. The van der Waals surface area contributed by atoms with E-state index in [1.54, 1.807) is 0 Å². The van der Waals surface area contributed by atoms with Gasteiger partial charge in [0.05, 0.1) is 16.9 Å². The zero-order valence-corrected chi connectivity index (χ0v) is 23.1. The highest BCUT2D eigenvalue weighted by Crippen LogP contribution is 2.37. The van der Waals surface area contributed by atoms with Crippen LogP contribution in [0, 0.1) is 0 Å². The highest BCUT2D eigenvalue weighted by Gasteiger charge is 2.51. The summed E-state index contributed by atoms with van der Waals surface area (Å²) in [7, 11) is -0.377. The number of aliphatic imine (C=N–C) groups is 1. The molecule has 2 aliphatic heterocycles. The lowest BCUT2D eigenvalue weighted by Gasteiger charge is -2.32. The van der Waals surface area contributed by atoms with Gasteiger partial charge in [-0.1, -0.05) is 115 Å². The van der Waals surface area contributed by atoms with Crippen LogP contribution in [0.15, 0.2) is 120 Å². The van der Waals surface area contributed by atoms with E-state index in [2.05, 4.69) is 137 Å². The Hall–Kier alpha value is -3.73. The predicted octanol–water partition coefficient (Wildman–Crippen LogP) is 7.67. The Morgan fingerprint density at radius 2 is 1.21 bits per heavy atom. The molecule has 6 rings (SSSR count). The Balaban J connectivity index is 1.33. The van der Waals surface area contributed by atoms with Crippen LogP contribution in [0.4, 0.5) is 0 Å². The maximum absolute atomic E-state index is 6.32. The van der Waals surface area contributed by atoms with Crippen LogP contribution >= 0.6 is 0 Å². The molecule has 0 bridgehead atoms. The second kappa shape index (κ2) is 10.1. The lowest BCUT2D eigenvalue weighted by atomic mass is 9.77. The molecule has 0 saturated carbocycles. The minimum atomic E-state index is -0.377. The summed E-state index contributed by atoms with van der Waals surface area (Å²) in [4.78, 5) is 5.11. The molecule has 39 heavy (non-hydrogen) atoms. The van der Waals surface area contributed by atoms with E-state index in [-0.39, 0.29) is 24.2 Å². The Morgan fingerprint density at radius 3 is 1.87 bits per heavy atom. The van der Waals surface area contributed by atoms with Crippen LogP contribution in [0.2, 0.25) is 0 Å². The van der Waals surface area contributed by atoms with Gasteiger partial charge in [-0.3, -0.25) is 4.99 Å². The van der Waals surface area contributed by atoms with E-state index in [9.17, 15) is 0 Å². The summed E-state index contributed by atoms with van der Waals surface area (Å²) < 4.78 is 12.6. The summed E-state index contributed by atoms with van der Waals surface area (Å²) in [6.45, 7) is 8.37. The minimum absolute atomic E-state index is 0.221. The van der Waals surface area contributed by atoms with Crippen molar-refractivity contribution in [2.24, 2.45) is 4.99 Å². The van der Waals surface area contributed by atoms with Crippen LogP contribution in [-0.2, 0) is 9.31 Å². The van der Waals surface area contributed by atoms with Crippen LogP contribution < -0.4 is 5.46 Å². The molecule has 0 radical (unpaired) electrons. The molecule has 0 aromatic heterocycles. The summed E-state index contributed by atoms with van der Waals surface area (Å²) in [6.07, 6.45) is 3.18. The van der Waals surface area contributed by atoms with Gasteiger partial charge in [0.1, 0.15) is 0 Å². The summed E-state index contributed by atoms with van der Waals surface area (Å²) in [6, 6.07) is 38.5. The van der Waals surface area contributed by atoms with Crippen LogP contribution in [-0.4, -0.2) is 24.0 Å². The maximum Gasteiger partial charge on any atom is 0.494 e. The minimum Gasteiger partial charge on any atom is -0.399 e. The first-order valence-corrected chi connectivity index (χ1v) is 13.8. The van der Waals surface area contributed by atoms with Crippen molar-refractivity contribution in [3.8, 4) is 11.1 Å². The highest BCUT2D eigenvalue weighted by atomic mass is 16.7. The van der Waals surface area contributed by atoms with E-state index < -0.39 is 0 Å². The van der Waals surface area contributed by atoms with Gasteiger partial charge in [-0.2, -0.15) is 0 Å². The lowest BCUT2D eigenvalue weighted by Crippen LogP contribution is -2.41. The number of allylic oxidation sites excluding steroid dienone is 1. The average Bonchev–Trinajstić information content (AvgIpc) is 3.20. The zero-order valence-electron chi connectivity index (χ0n) is 23.1. The third kappa shape index (κ3) is 5.15. The highest BCUT2D eigenvalue weighted by molar-refractivity contribution is 6.62. The second-order valence-corrected chi connectivity index (χ2v) is 11.5. The van der Waals surface area contributed by atoms with E-state index in [1.807, 2.05) is 6.07 Å². The van der Waals surface area contributed by atoms with Gasteiger partial charge in [-0.05, 0) is 61.0 Å². The predicted molar refractivity (Wildman–Crippen MR) is 162 cm³/mol. The van der Waals surface area contributed by atoms with Crippen molar-refractivity contribution in [3.05, 3.63) is 132 Å². The third-order valence-electron chi connectivity index (χ3n) is 8.26. The largest absolute Gasteiger partial charge is 0.494 e. The number of hydrogen-bond donors (Lipinski definition) is 0. The second-order valence-electron chi connectivity index (χ2n) is 11.5. The van der Waals surface area contributed by atoms with Crippen molar-refractivity contribution in [2.45, 2.75) is 51.2 Å². The van der Waals surface area contributed by atoms with Crippen LogP contribution in [0.5, 0.6) is 0 Å². The maximum atomic E-state index is 6.32. The molecule has 1 unspecified atom stereocenters. The Morgan fingerprint density at radius 1 is 0.641 bits per heavy atom. The van der Waals surface area contributed by atoms with Crippen molar-refractivity contribution in [1.82, 2.24) is 0 Å². The zero-order chi connectivity index (χ0) is 27.0. The smallest absolute Gasteiger partial charge is 0.399 e. The van der Waals surface area contributed by atoms with E-state index in [1.165, 1.54) is 16.7 Å². The molecule has 3 nitrogen and oxygen atoms in total. The van der Waals surface area contributed by atoms with Crippen LogP contribution in [0.3, 0.4) is 0 Å². The Labute approximate surface area is 232 Å². The lowest BCUT2D eigenvalue weighted by molar-refractivity contribution is 0.00578. The van der Waals surface area contributed by atoms with Gasteiger partial charge in [-0.15, -0.1) is 0 Å². The van der Waals surface area contributed by atoms with E-state index in [0.29, 0.717) is 0 Å². The molecule has 2 aliphatic rings. The third-order valence-corrected chi connectivity index (χ3v) is 8.26. The molecule has 1 saturated heterocycles. The van der Waals surface area contributed by atoms with Gasteiger partial charge in [0.2, 0.25) is 0 Å². The van der Waals surface area contributed by atoms with E-state index in [0.717, 1.165) is 34.4 Å². The summed E-state index contributed by atoms with van der Waals surface area (Å²) in [5, 5.41) is 0. The first-order valence-electron chi connectivity index (χ1n) is 13.8. The molecule has 4 heteroatoms. The van der Waals surface area contributed by atoms with E-state index in [4.69, 9.17) is 14.3 Å². The quantitative estimate of drug-likeness (QED) is 0.258. The molecule has 0 N–H and O–H groups in total. The van der Waals surface area contributed by atoms with Crippen molar-refractivity contribution >= 4 is 24.0 Å². The van der Waals surface area contributed by atoms with Crippen LogP contribution in [0.1, 0.15) is 56.7 Å². The monoisotopic (exact) mass is 511 g/mol. The first kappa shape index (κ1) is 25.5. The molecule has 194 valence electrons. The van der Waals surface area contributed by atoms with E-state index >= 15 is 0 Å². The van der Waals surface area contributed by atoms with Crippen molar-refractivity contribution < 1.29 is 9.31 Å². The number of nitrogens with zero attached hydrogens (tertiary/aromatic N) is 1. The molecule has 0 amide bonds. The van der Waals surface area contributed by atoms with Gasteiger partial charge < -0.3 is 9.31 Å². The molecular weight excluding hydrogens is 477 g/mol. The molecule has 0 aliphatic carbocycles. The van der Waals surface area contributed by atoms with Gasteiger partial charge in [0, 0.05) is 18.1 Å². The first-order chi connectivity index (χ1) is 18.8. The molecule has 0 spiro atoms. The molecule has 4 aromatic rings. The SMILES string of the molecule is CC1(C)OB(c2cccc(-c3cccc(C4C=C(c5ccccc5)N=C(c5ccccc5)C4)c3)c2)OC1(C)C. The van der Waals surface area contributed by atoms with Crippen LogP contribution in [0.25, 0.3) is 16.8 Å². The van der Waals surface area contributed by atoms with Gasteiger partial charge >= 0.3 is 7.12 Å². The summed E-state index contributed by atoms with van der Waals surface area (Å²) in [5.74, 6) is 0.221. The van der Waals surface area contributed by atoms with Gasteiger partial charge in [0.15, 0.2) is 0 Å². The fourth-order valence-electron chi connectivity index (χ4n) is 5.28. The Bertz CT molecular complexity index is 1520. The van der Waals surface area contributed by atoms with Crippen molar-refractivity contribution in [2.75, 3.05) is 0 Å². The fourth-order valence-corrected chi connectivity index (χ4v) is 5.28. The van der Waals surface area contributed by atoms with Crippen molar-refractivity contribution in [1.29, 1.82) is 0 Å².